The van der Waals surface area contributed by atoms with Gasteiger partial charge >= 0.3 is 0 Å². The highest BCUT2D eigenvalue weighted by Crippen LogP contribution is 2.36. The number of rotatable bonds is 9. The van der Waals surface area contributed by atoms with Gasteiger partial charge in [-0.3, -0.25) is 0 Å². The van der Waals surface area contributed by atoms with E-state index in [2.05, 4.69) is 34.2 Å². The Morgan fingerprint density at radius 1 is 1.40 bits per heavy atom. The first kappa shape index (κ1) is 16.8. The maximum absolute atomic E-state index is 8.51. The summed E-state index contributed by atoms with van der Waals surface area (Å²) in [6.45, 7) is 4.45. The zero-order chi connectivity index (χ0) is 14.8. The number of methoxy groups -OCH3 is 1. The number of nitrogens with one attached hydrogen (secondary N) is 1. The molecule has 0 saturated carbocycles. The first-order chi connectivity index (χ1) is 9.72. The molecule has 0 aromatic heterocycles. The van der Waals surface area contributed by atoms with Crippen LogP contribution in [-0.4, -0.2) is 20.3 Å². The van der Waals surface area contributed by atoms with Gasteiger partial charge < -0.3 is 14.8 Å². The fourth-order valence-electron chi connectivity index (χ4n) is 1.75. The lowest BCUT2D eigenvalue weighted by atomic mass is 10.2. The Morgan fingerprint density at radius 3 is 2.85 bits per heavy atom. The van der Waals surface area contributed by atoms with Gasteiger partial charge in [0.15, 0.2) is 11.5 Å². The summed E-state index contributed by atoms with van der Waals surface area (Å²) >= 11 is 3.52. The van der Waals surface area contributed by atoms with E-state index in [-0.39, 0.29) is 0 Å². The average Bonchev–Trinajstić information content (AvgIpc) is 2.45. The molecule has 0 aliphatic carbocycles. The van der Waals surface area contributed by atoms with Gasteiger partial charge in [0.25, 0.3) is 0 Å². The van der Waals surface area contributed by atoms with Gasteiger partial charge in [0.1, 0.15) is 0 Å². The Bertz CT molecular complexity index is 458. The summed E-state index contributed by atoms with van der Waals surface area (Å²) in [7, 11) is 1.63. The molecular formula is C15H21BrN2O2. The van der Waals surface area contributed by atoms with Gasteiger partial charge in [-0.1, -0.05) is 6.92 Å². The second kappa shape index (κ2) is 9.62. The van der Waals surface area contributed by atoms with Crippen molar-refractivity contribution in [2.45, 2.75) is 32.7 Å². The minimum Gasteiger partial charge on any atom is -0.493 e. The van der Waals surface area contributed by atoms with Crippen molar-refractivity contribution in [2.24, 2.45) is 0 Å². The monoisotopic (exact) mass is 340 g/mol. The summed E-state index contributed by atoms with van der Waals surface area (Å²) in [5, 5.41) is 11.9. The van der Waals surface area contributed by atoms with Crippen LogP contribution >= 0.6 is 15.9 Å². The van der Waals surface area contributed by atoms with Gasteiger partial charge in [0.2, 0.25) is 0 Å². The smallest absolute Gasteiger partial charge is 0.175 e. The van der Waals surface area contributed by atoms with Crippen LogP contribution in [0.5, 0.6) is 11.5 Å². The number of hydrogen-bond acceptors (Lipinski definition) is 4. The van der Waals surface area contributed by atoms with E-state index in [1.165, 1.54) is 0 Å². The first-order valence-corrected chi connectivity index (χ1v) is 7.59. The molecule has 0 radical (unpaired) electrons. The van der Waals surface area contributed by atoms with E-state index in [4.69, 9.17) is 14.7 Å². The summed E-state index contributed by atoms with van der Waals surface area (Å²) in [6, 6.07) is 6.12. The number of halogens is 1. The second-order valence-electron chi connectivity index (χ2n) is 4.40. The Labute approximate surface area is 129 Å². The molecule has 0 aliphatic heterocycles. The van der Waals surface area contributed by atoms with E-state index in [1.54, 1.807) is 7.11 Å². The predicted octanol–water partition coefficient (Wildman–Crippen LogP) is 3.64. The van der Waals surface area contributed by atoms with Crippen LogP contribution in [0.2, 0.25) is 0 Å². The van der Waals surface area contributed by atoms with Crippen molar-refractivity contribution in [3.05, 3.63) is 22.2 Å². The molecule has 0 fully saturated rings. The molecule has 110 valence electrons. The van der Waals surface area contributed by atoms with E-state index < -0.39 is 0 Å². The molecule has 0 atom stereocenters. The fourth-order valence-corrected chi connectivity index (χ4v) is 2.35. The van der Waals surface area contributed by atoms with E-state index >= 15 is 0 Å². The summed E-state index contributed by atoms with van der Waals surface area (Å²) in [6.07, 6.45) is 2.32. The number of ether oxygens (including phenoxy) is 2. The SMILES string of the molecule is CCCNCc1cc(Br)c(OCCCC#N)c(OC)c1. The lowest BCUT2D eigenvalue weighted by Crippen LogP contribution is -2.14. The van der Waals surface area contributed by atoms with Crippen molar-refractivity contribution < 1.29 is 9.47 Å². The van der Waals surface area contributed by atoms with Gasteiger partial charge in [0, 0.05) is 13.0 Å². The lowest BCUT2D eigenvalue weighted by molar-refractivity contribution is 0.288. The van der Waals surface area contributed by atoms with E-state index in [1.807, 2.05) is 12.1 Å². The number of hydrogen-bond donors (Lipinski definition) is 1. The van der Waals surface area contributed by atoms with E-state index in [0.717, 1.165) is 29.5 Å². The van der Waals surface area contributed by atoms with E-state index in [0.29, 0.717) is 30.9 Å². The summed E-state index contributed by atoms with van der Waals surface area (Å²) < 4.78 is 12.0. The molecule has 0 spiro atoms. The first-order valence-electron chi connectivity index (χ1n) is 6.79. The third kappa shape index (κ3) is 5.40. The van der Waals surface area contributed by atoms with Crippen LogP contribution < -0.4 is 14.8 Å². The molecule has 1 rings (SSSR count). The average molecular weight is 341 g/mol. The maximum atomic E-state index is 8.51. The number of nitriles is 1. The topological polar surface area (TPSA) is 54.3 Å². The molecule has 20 heavy (non-hydrogen) atoms. The molecule has 4 nitrogen and oxygen atoms in total. The third-order valence-corrected chi connectivity index (χ3v) is 3.31. The second-order valence-corrected chi connectivity index (χ2v) is 5.25. The standard InChI is InChI=1S/C15H21BrN2O2/c1-3-7-18-11-12-9-13(16)15(14(10-12)19-2)20-8-5-4-6-17/h9-10,18H,3-5,7-8,11H2,1-2H3. The van der Waals surface area contributed by atoms with Crippen LogP contribution in [-0.2, 0) is 6.54 Å². The Morgan fingerprint density at radius 2 is 2.20 bits per heavy atom. The zero-order valence-corrected chi connectivity index (χ0v) is 13.6. The van der Waals surface area contributed by atoms with Crippen LogP contribution in [0.25, 0.3) is 0 Å². The van der Waals surface area contributed by atoms with Crippen molar-refractivity contribution in [1.82, 2.24) is 5.32 Å². The Kier molecular flexibility index (Phi) is 8.08. The van der Waals surface area contributed by atoms with Crippen LogP contribution in [0.3, 0.4) is 0 Å². The maximum Gasteiger partial charge on any atom is 0.175 e. The largest absolute Gasteiger partial charge is 0.493 e. The highest BCUT2D eigenvalue weighted by Gasteiger charge is 2.11. The quantitative estimate of drug-likeness (QED) is 0.697. The minimum atomic E-state index is 0.499. The normalized spacial score (nSPS) is 10.1. The minimum absolute atomic E-state index is 0.499. The zero-order valence-electron chi connectivity index (χ0n) is 12.0. The van der Waals surface area contributed by atoms with Gasteiger partial charge in [-0.15, -0.1) is 0 Å². The molecule has 0 aliphatic rings. The van der Waals surface area contributed by atoms with Gasteiger partial charge in [-0.05, 0) is 53.0 Å². The third-order valence-electron chi connectivity index (χ3n) is 2.72. The van der Waals surface area contributed by atoms with Crippen LogP contribution in [0, 0.1) is 11.3 Å². The fraction of sp³-hybridized carbons (Fsp3) is 0.533. The summed E-state index contributed by atoms with van der Waals surface area (Å²) in [4.78, 5) is 0. The molecule has 1 N–H and O–H groups in total. The van der Waals surface area contributed by atoms with Crippen LogP contribution in [0.4, 0.5) is 0 Å². The number of benzene rings is 1. The van der Waals surface area contributed by atoms with Crippen molar-refractivity contribution in [2.75, 3.05) is 20.3 Å². The van der Waals surface area contributed by atoms with Crippen LogP contribution in [0.15, 0.2) is 16.6 Å². The lowest BCUT2D eigenvalue weighted by Gasteiger charge is -2.14. The molecule has 0 amide bonds. The van der Waals surface area contributed by atoms with Gasteiger partial charge in [-0.2, -0.15) is 5.26 Å². The predicted molar refractivity (Wildman–Crippen MR) is 83.0 cm³/mol. The highest BCUT2D eigenvalue weighted by atomic mass is 79.9. The van der Waals surface area contributed by atoms with Gasteiger partial charge in [-0.25, -0.2) is 0 Å². The van der Waals surface area contributed by atoms with Crippen molar-refractivity contribution in [3.63, 3.8) is 0 Å². The highest BCUT2D eigenvalue weighted by molar-refractivity contribution is 9.10. The molecule has 0 saturated heterocycles. The summed E-state index contributed by atoms with van der Waals surface area (Å²) in [5.41, 5.74) is 1.14. The van der Waals surface area contributed by atoms with Crippen molar-refractivity contribution >= 4 is 15.9 Å². The number of unbranched alkanes of at least 4 members (excludes halogenated alkanes) is 1. The van der Waals surface area contributed by atoms with E-state index in [9.17, 15) is 0 Å². The molecule has 1 aromatic rings. The molecule has 0 bridgehead atoms. The summed E-state index contributed by atoms with van der Waals surface area (Å²) in [5.74, 6) is 1.41. The van der Waals surface area contributed by atoms with Crippen LogP contribution in [0.1, 0.15) is 31.7 Å². The molecule has 0 heterocycles. The van der Waals surface area contributed by atoms with Crippen molar-refractivity contribution in [1.29, 1.82) is 5.26 Å². The molecule has 1 aromatic carbocycles. The Hall–Kier alpha value is -1.25. The molecular weight excluding hydrogens is 320 g/mol. The molecule has 0 unspecified atom stereocenters. The Balaban J connectivity index is 2.72. The number of nitrogens with zero attached hydrogens (tertiary/aromatic N) is 1. The molecule has 5 heteroatoms. The van der Waals surface area contributed by atoms with Crippen molar-refractivity contribution in [3.8, 4) is 17.6 Å². The van der Waals surface area contributed by atoms with Gasteiger partial charge in [0.05, 0.1) is 24.3 Å².